The summed E-state index contributed by atoms with van der Waals surface area (Å²) in [7, 11) is 0. The Balaban J connectivity index is 2.09. The van der Waals surface area contributed by atoms with Crippen LogP contribution < -0.4 is 5.32 Å². The second kappa shape index (κ2) is 6.91. The molecular weight excluding hydrogens is 266 g/mol. The molecule has 5 nitrogen and oxygen atoms in total. The van der Waals surface area contributed by atoms with Gasteiger partial charge in [-0.3, -0.25) is 4.79 Å². The maximum absolute atomic E-state index is 12.2. The minimum absolute atomic E-state index is 0.107. The van der Waals surface area contributed by atoms with E-state index in [9.17, 15) is 10.1 Å². The van der Waals surface area contributed by atoms with Crippen LogP contribution in [0.4, 0.5) is 5.69 Å². The molecule has 0 spiro atoms. The van der Waals surface area contributed by atoms with Crippen LogP contribution in [0.15, 0.2) is 30.0 Å². The summed E-state index contributed by atoms with van der Waals surface area (Å²) in [5, 5.41) is 12.2. The van der Waals surface area contributed by atoms with Gasteiger partial charge in [-0.1, -0.05) is 6.07 Å². The minimum Gasteiger partial charge on any atom is -0.378 e. The van der Waals surface area contributed by atoms with Gasteiger partial charge in [-0.25, -0.2) is 0 Å². The largest absolute Gasteiger partial charge is 0.378 e. The summed E-state index contributed by atoms with van der Waals surface area (Å²) >= 11 is 0. The van der Waals surface area contributed by atoms with Gasteiger partial charge < -0.3 is 15.0 Å². The summed E-state index contributed by atoms with van der Waals surface area (Å²) in [5.41, 5.74) is 3.24. The van der Waals surface area contributed by atoms with Crippen LogP contribution in [0.5, 0.6) is 0 Å². The molecule has 1 aromatic carbocycles. The van der Waals surface area contributed by atoms with E-state index in [2.05, 4.69) is 11.4 Å². The van der Waals surface area contributed by atoms with E-state index in [1.54, 1.807) is 4.90 Å². The van der Waals surface area contributed by atoms with E-state index in [4.69, 9.17) is 4.74 Å². The number of nitrogens with one attached hydrogen (secondary N) is 1. The molecule has 1 fully saturated rings. The quantitative estimate of drug-likeness (QED) is 0.681. The number of amides is 1. The van der Waals surface area contributed by atoms with Gasteiger partial charge in [0.25, 0.3) is 5.91 Å². The van der Waals surface area contributed by atoms with Crippen LogP contribution in [0.1, 0.15) is 11.1 Å². The summed E-state index contributed by atoms with van der Waals surface area (Å²) in [5.74, 6) is -0.252. The monoisotopic (exact) mass is 285 g/mol. The van der Waals surface area contributed by atoms with E-state index in [0.29, 0.717) is 26.3 Å². The van der Waals surface area contributed by atoms with Gasteiger partial charge in [0, 0.05) is 25.0 Å². The van der Waals surface area contributed by atoms with Crippen LogP contribution in [0.25, 0.3) is 0 Å². The number of aryl methyl sites for hydroxylation is 2. The lowest BCUT2D eigenvalue weighted by Gasteiger charge is -2.26. The molecule has 0 aliphatic carbocycles. The fourth-order valence-electron chi connectivity index (χ4n) is 2.29. The lowest BCUT2D eigenvalue weighted by Crippen LogP contribution is -2.41. The molecule has 0 unspecified atom stereocenters. The third-order valence-corrected chi connectivity index (χ3v) is 3.25. The van der Waals surface area contributed by atoms with E-state index in [1.807, 2.05) is 32.0 Å². The molecule has 21 heavy (non-hydrogen) atoms. The van der Waals surface area contributed by atoms with Gasteiger partial charge in [-0.15, -0.1) is 0 Å². The molecule has 5 heteroatoms. The van der Waals surface area contributed by atoms with Crippen molar-refractivity contribution in [3.8, 4) is 6.07 Å². The molecule has 0 bridgehead atoms. The number of nitrogens with zero attached hydrogens (tertiary/aromatic N) is 2. The molecule has 0 atom stereocenters. The molecule has 1 aliphatic rings. The second-order valence-electron chi connectivity index (χ2n) is 5.10. The first-order chi connectivity index (χ1) is 10.1. The Bertz CT molecular complexity index is 576. The first-order valence-electron chi connectivity index (χ1n) is 6.92. The highest BCUT2D eigenvalue weighted by atomic mass is 16.5. The first-order valence-corrected chi connectivity index (χ1v) is 6.92. The molecule has 1 amide bonds. The molecule has 110 valence electrons. The Kier molecular flexibility index (Phi) is 4.96. The topological polar surface area (TPSA) is 65.4 Å². The molecule has 1 saturated heterocycles. The molecule has 1 heterocycles. The number of anilines is 1. The molecule has 2 rings (SSSR count). The van der Waals surface area contributed by atoms with Gasteiger partial charge >= 0.3 is 0 Å². The van der Waals surface area contributed by atoms with E-state index in [0.717, 1.165) is 16.8 Å². The zero-order chi connectivity index (χ0) is 15.2. The average Bonchev–Trinajstić information content (AvgIpc) is 2.47. The zero-order valence-electron chi connectivity index (χ0n) is 12.3. The van der Waals surface area contributed by atoms with Crippen molar-refractivity contribution in [1.29, 1.82) is 5.26 Å². The number of hydrogen-bond donors (Lipinski definition) is 1. The van der Waals surface area contributed by atoms with Crippen molar-refractivity contribution in [3.05, 3.63) is 41.1 Å². The van der Waals surface area contributed by atoms with Crippen molar-refractivity contribution in [2.45, 2.75) is 13.8 Å². The van der Waals surface area contributed by atoms with Gasteiger partial charge in [0.15, 0.2) is 0 Å². The first kappa shape index (κ1) is 15.1. The third-order valence-electron chi connectivity index (χ3n) is 3.25. The van der Waals surface area contributed by atoms with Crippen molar-refractivity contribution < 1.29 is 9.53 Å². The van der Waals surface area contributed by atoms with Crippen molar-refractivity contribution in [3.63, 3.8) is 0 Å². The fourth-order valence-corrected chi connectivity index (χ4v) is 2.29. The summed E-state index contributed by atoms with van der Waals surface area (Å²) in [6, 6.07) is 7.97. The zero-order valence-corrected chi connectivity index (χ0v) is 12.3. The normalized spacial score (nSPS) is 15.5. The van der Waals surface area contributed by atoms with Crippen molar-refractivity contribution >= 4 is 11.6 Å². The van der Waals surface area contributed by atoms with Crippen LogP contribution >= 0.6 is 0 Å². The molecular formula is C16H19N3O2. The Labute approximate surface area is 124 Å². The smallest absolute Gasteiger partial charge is 0.266 e. The maximum Gasteiger partial charge on any atom is 0.266 e. The number of ether oxygens (including phenoxy) is 1. The van der Waals surface area contributed by atoms with Gasteiger partial charge in [-0.2, -0.15) is 5.26 Å². The fraction of sp³-hybridized carbons (Fsp3) is 0.375. The second-order valence-corrected chi connectivity index (χ2v) is 5.10. The minimum atomic E-state index is -0.252. The number of hydrogen-bond acceptors (Lipinski definition) is 4. The molecule has 1 N–H and O–H groups in total. The van der Waals surface area contributed by atoms with Gasteiger partial charge in [0.2, 0.25) is 0 Å². The van der Waals surface area contributed by atoms with E-state index < -0.39 is 0 Å². The Hall–Kier alpha value is -2.32. The van der Waals surface area contributed by atoms with Crippen LogP contribution in [0, 0.1) is 25.2 Å². The third kappa shape index (κ3) is 4.07. The van der Waals surface area contributed by atoms with Crippen molar-refractivity contribution in [1.82, 2.24) is 4.90 Å². The number of benzene rings is 1. The van der Waals surface area contributed by atoms with Crippen molar-refractivity contribution in [2.75, 3.05) is 31.6 Å². The highest BCUT2D eigenvalue weighted by Gasteiger charge is 2.20. The lowest BCUT2D eigenvalue weighted by molar-refractivity contribution is -0.130. The summed E-state index contributed by atoms with van der Waals surface area (Å²) < 4.78 is 5.21. The van der Waals surface area contributed by atoms with Crippen molar-refractivity contribution in [2.24, 2.45) is 0 Å². The van der Waals surface area contributed by atoms with E-state index >= 15 is 0 Å². The van der Waals surface area contributed by atoms with Crippen LogP contribution in [0.2, 0.25) is 0 Å². The summed E-state index contributed by atoms with van der Waals surface area (Å²) in [6.45, 7) is 6.12. The number of morpholine rings is 1. The molecule has 0 saturated carbocycles. The number of rotatable bonds is 3. The average molecular weight is 285 g/mol. The Morgan fingerprint density at radius 3 is 2.48 bits per heavy atom. The number of carbonyl (C=O) groups is 1. The SMILES string of the molecule is Cc1cc(C)cc(N/C=C(/C#N)C(=O)N2CCOCC2)c1. The predicted octanol–water partition coefficient (Wildman–Crippen LogP) is 1.98. The predicted molar refractivity (Wildman–Crippen MR) is 80.6 cm³/mol. The highest BCUT2D eigenvalue weighted by molar-refractivity contribution is 5.97. The Morgan fingerprint density at radius 2 is 1.90 bits per heavy atom. The van der Waals surface area contributed by atoms with Gasteiger partial charge in [0.1, 0.15) is 11.6 Å². The van der Waals surface area contributed by atoms with Crippen LogP contribution in [0.3, 0.4) is 0 Å². The van der Waals surface area contributed by atoms with Gasteiger partial charge in [-0.05, 0) is 37.1 Å². The molecule has 0 radical (unpaired) electrons. The lowest BCUT2D eigenvalue weighted by atomic mass is 10.1. The van der Waals surface area contributed by atoms with Gasteiger partial charge in [0.05, 0.1) is 13.2 Å². The number of nitriles is 1. The molecule has 1 aromatic rings. The standard InChI is InChI=1S/C16H19N3O2/c1-12-7-13(2)9-15(8-12)18-11-14(10-17)16(20)19-3-5-21-6-4-19/h7-9,11,18H,3-6H2,1-2H3/b14-11-. The summed E-state index contributed by atoms with van der Waals surface area (Å²) in [6.07, 6.45) is 1.48. The van der Waals surface area contributed by atoms with Crippen LogP contribution in [-0.4, -0.2) is 37.1 Å². The Morgan fingerprint density at radius 1 is 1.29 bits per heavy atom. The van der Waals surface area contributed by atoms with E-state index in [1.165, 1.54) is 6.20 Å². The van der Waals surface area contributed by atoms with E-state index in [-0.39, 0.29) is 11.5 Å². The number of carbonyl (C=O) groups excluding carboxylic acids is 1. The maximum atomic E-state index is 12.2. The molecule has 1 aliphatic heterocycles. The van der Waals surface area contributed by atoms with Crippen LogP contribution in [-0.2, 0) is 9.53 Å². The highest BCUT2D eigenvalue weighted by Crippen LogP contribution is 2.14. The molecule has 0 aromatic heterocycles. The summed E-state index contributed by atoms with van der Waals surface area (Å²) in [4.78, 5) is 13.9.